The van der Waals surface area contributed by atoms with E-state index >= 15 is 0 Å². The van der Waals surface area contributed by atoms with Gasteiger partial charge in [-0.2, -0.15) is 0 Å². The van der Waals surface area contributed by atoms with Gasteiger partial charge in [-0.3, -0.25) is 9.69 Å². The van der Waals surface area contributed by atoms with Gasteiger partial charge in [-0.15, -0.1) is 0 Å². The standard InChI is InChI=1S/C14H21N3O3/c1-16-5-7-17(8-6-16)12(9-14(18)19)11-3-4-13(20-2)15-10-11/h3-4,10,12H,5-9H2,1-2H3,(H,18,19). The maximum absolute atomic E-state index is 11.1. The Kier molecular flexibility index (Phi) is 4.92. The molecule has 1 aromatic heterocycles. The fraction of sp³-hybridized carbons (Fsp3) is 0.571. The highest BCUT2D eigenvalue weighted by atomic mass is 16.5. The van der Waals surface area contributed by atoms with Crippen LogP contribution >= 0.6 is 0 Å². The molecule has 1 fully saturated rings. The highest BCUT2D eigenvalue weighted by molar-refractivity contribution is 5.67. The maximum atomic E-state index is 11.1. The molecule has 1 unspecified atom stereocenters. The normalized spacial score (nSPS) is 18.7. The molecule has 0 saturated carbocycles. The number of ether oxygens (including phenoxy) is 1. The van der Waals surface area contributed by atoms with Crippen molar-refractivity contribution in [2.75, 3.05) is 40.3 Å². The summed E-state index contributed by atoms with van der Waals surface area (Å²) in [5.74, 6) is -0.244. The summed E-state index contributed by atoms with van der Waals surface area (Å²) in [5, 5.41) is 9.15. The SMILES string of the molecule is COc1ccc(C(CC(=O)O)N2CCN(C)CC2)cn1. The number of aliphatic carboxylic acids is 1. The first kappa shape index (κ1) is 14.7. The number of carboxylic acid groups (broad SMARTS) is 1. The van der Waals surface area contributed by atoms with Crippen molar-refractivity contribution < 1.29 is 14.6 Å². The molecule has 1 N–H and O–H groups in total. The van der Waals surface area contributed by atoms with Crippen molar-refractivity contribution in [3.8, 4) is 5.88 Å². The Bertz CT molecular complexity index is 441. The molecule has 0 amide bonds. The fourth-order valence-electron chi connectivity index (χ4n) is 2.47. The van der Waals surface area contributed by atoms with Crippen molar-refractivity contribution in [2.45, 2.75) is 12.5 Å². The Morgan fingerprint density at radius 3 is 2.60 bits per heavy atom. The number of nitrogens with zero attached hydrogens (tertiary/aromatic N) is 3. The summed E-state index contributed by atoms with van der Waals surface area (Å²) in [6.45, 7) is 3.67. The molecule has 0 radical (unpaired) electrons. The van der Waals surface area contributed by atoms with Gasteiger partial charge in [0.25, 0.3) is 0 Å². The van der Waals surface area contributed by atoms with Crippen LogP contribution < -0.4 is 4.74 Å². The molecule has 0 bridgehead atoms. The van der Waals surface area contributed by atoms with E-state index in [1.807, 2.05) is 6.07 Å². The van der Waals surface area contributed by atoms with Gasteiger partial charge in [-0.05, 0) is 12.6 Å². The van der Waals surface area contributed by atoms with E-state index in [4.69, 9.17) is 9.84 Å². The number of hydrogen-bond donors (Lipinski definition) is 1. The third-order valence-electron chi connectivity index (χ3n) is 3.70. The first-order chi connectivity index (χ1) is 9.60. The van der Waals surface area contributed by atoms with Crippen molar-refractivity contribution in [2.24, 2.45) is 0 Å². The van der Waals surface area contributed by atoms with Crippen LogP contribution in [0.4, 0.5) is 0 Å². The molecule has 1 aromatic rings. The minimum absolute atomic E-state index is 0.0950. The summed E-state index contributed by atoms with van der Waals surface area (Å²) in [7, 11) is 3.65. The van der Waals surface area contributed by atoms with E-state index in [1.54, 1.807) is 19.4 Å². The molecule has 1 aliphatic heterocycles. The number of methoxy groups -OCH3 is 1. The Hall–Kier alpha value is -1.66. The second kappa shape index (κ2) is 6.67. The van der Waals surface area contributed by atoms with E-state index in [9.17, 15) is 4.79 Å². The predicted molar refractivity (Wildman–Crippen MR) is 74.9 cm³/mol. The molecule has 6 nitrogen and oxygen atoms in total. The monoisotopic (exact) mass is 279 g/mol. The number of pyridine rings is 1. The van der Waals surface area contributed by atoms with Gasteiger partial charge < -0.3 is 14.7 Å². The van der Waals surface area contributed by atoms with Crippen LogP contribution in [0.15, 0.2) is 18.3 Å². The quantitative estimate of drug-likeness (QED) is 0.862. The van der Waals surface area contributed by atoms with E-state index in [2.05, 4.69) is 21.8 Å². The van der Waals surface area contributed by atoms with Crippen molar-refractivity contribution >= 4 is 5.97 Å². The average Bonchev–Trinajstić information content (AvgIpc) is 2.46. The summed E-state index contributed by atoms with van der Waals surface area (Å²) < 4.78 is 5.04. The molecule has 6 heteroatoms. The molecule has 110 valence electrons. The average molecular weight is 279 g/mol. The number of aromatic nitrogens is 1. The molecular weight excluding hydrogens is 258 g/mol. The molecule has 1 aliphatic rings. The lowest BCUT2D eigenvalue weighted by atomic mass is 10.0. The number of piperazine rings is 1. The Labute approximate surface area is 119 Å². The first-order valence-electron chi connectivity index (χ1n) is 6.74. The predicted octanol–water partition coefficient (Wildman–Crippen LogP) is 0.853. The van der Waals surface area contributed by atoms with Gasteiger partial charge in [0.05, 0.1) is 13.5 Å². The molecule has 2 rings (SSSR count). The molecule has 1 atom stereocenters. The largest absolute Gasteiger partial charge is 0.481 e. The van der Waals surface area contributed by atoms with Crippen LogP contribution in [0.3, 0.4) is 0 Å². The van der Waals surface area contributed by atoms with E-state index < -0.39 is 5.97 Å². The third kappa shape index (κ3) is 3.68. The molecule has 0 aromatic carbocycles. The highest BCUT2D eigenvalue weighted by Crippen LogP contribution is 2.26. The molecule has 2 heterocycles. The van der Waals surface area contributed by atoms with Crippen molar-refractivity contribution in [1.82, 2.24) is 14.8 Å². The molecule has 0 spiro atoms. The Morgan fingerprint density at radius 2 is 2.10 bits per heavy atom. The third-order valence-corrected chi connectivity index (χ3v) is 3.70. The van der Waals surface area contributed by atoms with Gasteiger partial charge in [0.15, 0.2) is 0 Å². The van der Waals surface area contributed by atoms with Crippen LogP contribution in [0.5, 0.6) is 5.88 Å². The zero-order valence-corrected chi connectivity index (χ0v) is 12.0. The van der Waals surface area contributed by atoms with Crippen molar-refractivity contribution in [3.63, 3.8) is 0 Å². The van der Waals surface area contributed by atoms with E-state index in [0.717, 1.165) is 31.7 Å². The lowest BCUT2D eigenvalue weighted by Gasteiger charge is -2.37. The fourth-order valence-corrected chi connectivity index (χ4v) is 2.47. The van der Waals surface area contributed by atoms with Gasteiger partial charge in [-0.25, -0.2) is 4.98 Å². The molecule has 20 heavy (non-hydrogen) atoms. The number of carbonyl (C=O) groups is 1. The molecular formula is C14H21N3O3. The molecule has 0 aliphatic carbocycles. The van der Waals surface area contributed by atoms with Gasteiger partial charge in [-0.1, -0.05) is 6.07 Å². The summed E-state index contributed by atoms with van der Waals surface area (Å²) >= 11 is 0. The van der Waals surface area contributed by atoms with Crippen LogP contribution in [0.2, 0.25) is 0 Å². The van der Waals surface area contributed by atoms with E-state index in [-0.39, 0.29) is 12.5 Å². The zero-order chi connectivity index (χ0) is 14.5. The summed E-state index contributed by atoms with van der Waals surface area (Å²) in [6, 6.07) is 3.55. The van der Waals surface area contributed by atoms with Gasteiger partial charge in [0, 0.05) is 44.5 Å². The highest BCUT2D eigenvalue weighted by Gasteiger charge is 2.26. The number of likely N-dealkylation sites (N-methyl/N-ethyl adjacent to an activating group) is 1. The van der Waals surface area contributed by atoms with Crippen LogP contribution in [-0.2, 0) is 4.79 Å². The van der Waals surface area contributed by atoms with E-state index in [0.29, 0.717) is 5.88 Å². The van der Waals surface area contributed by atoms with Crippen LogP contribution in [-0.4, -0.2) is 66.2 Å². The van der Waals surface area contributed by atoms with Crippen LogP contribution in [0, 0.1) is 0 Å². The van der Waals surface area contributed by atoms with Gasteiger partial charge in [0.1, 0.15) is 0 Å². The first-order valence-corrected chi connectivity index (χ1v) is 6.74. The maximum Gasteiger partial charge on any atom is 0.305 e. The van der Waals surface area contributed by atoms with Crippen LogP contribution in [0.25, 0.3) is 0 Å². The number of hydrogen-bond acceptors (Lipinski definition) is 5. The lowest BCUT2D eigenvalue weighted by molar-refractivity contribution is -0.138. The van der Waals surface area contributed by atoms with Gasteiger partial charge in [0.2, 0.25) is 5.88 Å². The number of carboxylic acids is 1. The van der Waals surface area contributed by atoms with Crippen LogP contribution in [0.1, 0.15) is 18.0 Å². The number of rotatable bonds is 5. The Balaban J connectivity index is 2.15. The second-order valence-corrected chi connectivity index (χ2v) is 5.09. The van der Waals surface area contributed by atoms with E-state index in [1.165, 1.54) is 0 Å². The van der Waals surface area contributed by atoms with Crippen molar-refractivity contribution in [3.05, 3.63) is 23.9 Å². The second-order valence-electron chi connectivity index (χ2n) is 5.09. The summed E-state index contributed by atoms with van der Waals surface area (Å²) in [6.07, 6.45) is 1.81. The summed E-state index contributed by atoms with van der Waals surface area (Å²) in [4.78, 5) is 19.8. The molecule has 1 saturated heterocycles. The lowest BCUT2D eigenvalue weighted by Crippen LogP contribution is -2.46. The topological polar surface area (TPSA) is 65.9 Å². The minimum atomic E-state index is -0.787. The zero-order valence-electron chi connectivity index (χ0n) is 12.0. The Morgan fingerprint density at radius 1 is 1.40 bits per heavy atom. The van der Waals surface area contributed by atoms with Crippen molar-refractivity contribution in [1.29, 1.82) is 0 Å². The smallest absolute Gasteiger partial charge is 0.305 e. The van der Waals surface area contributed by atoms with Gasteiger partial charge >= 0.3 is 5.97 Å². The summed E-state index contributed by atoms with van der Waals surface area (Å²) in [5.41, 5.74) is 0.928. The minimum Gasteiger partial charge on any atom is -0.481 e.